The lowest BCUT2D eigenvalue weighted by Crippen LogP contribution is -2.71. The lowest BCUT2D eigenvalue weighted by atomic mass is 9.93. The zero-order chi connectivity index (χ0) is 57.4. The Bertz CT molecular complexity index is 2280. The normalized spacial score (nSPS) is 35.1. The van der Waals surface area contributed by atoms with Crippen LogP contribution in [-0.4, -0.2) is 238 Å². The molecule has 0 radical (unpaired) electrons. The number of rotatable bonds is 25. The van der Waals surface area contributed by atoms with Crippen LogP contribution in [0.4, 0.5) is 0 Å². The van der Waals surface area contributed by atoms with Crippen LogP contribution >= 0.6 is 0 Å². The van der Waals surface area contributed by atoms with Crippen molar-refractivity contribution in [2.24, 2.45) is 0 Å². The van der Waals surface area contributed by atoms with Gasteiger partial charge in [0.05, 0.1) is 33.0 Å². The molecule has 5 rings (SSSR count). The van der Waals surface area contributed by atoms with Gasteiger partial charge in [-0.1, -0.05) is 32.3 Å². The summed E-state index contributed by atoms with van der Waals surface area (Å²) >= 11 is 0. The summed E-state index contributed by atoms with van der Waals surface area (Å²) in [5.41, 5.74) is 0.0447. The molecule has 4 heterocycles. The summed E-state index contributed by atoms with van der Waals surface area (Å²) in [4.78, 5) is 51.1. The molecule has 4 saturated heterocycles. The summed E-state index contributed by atoms with van der Waals surface area (Å²) in [5.74, 6) is 3.39. The predicted molar refractivity (Wildman–Crippen MR) is 262 cm³/mol. The minimum atomic E-state index is -5.16. The first-order valence-electron chi connectivity index (χ1n) is 25.4. The Hall–Kier alpha value is -4.31. The SMILES string of the molecule is CCCCCCC#CCCCOc1cccc(C(=O)N[C@@H]2C(O[C@@H]3C(CO)O[C@@H](OC4C(CO)O[C@@H](O[C@@H]5C(COS(=O)(=O)O)OC(O)C(NC(C)=O)C5O)[C@@H](NC(C)=O)[C@H]4O)C(NC(C)=O)C3O)OC(CO)[C@@H](O)[C@@H]2O)c1. The highest BCUT2D eigenvalue weighted by Gasteiger charge is 2.56. The highest BCUT2D eigenvalue weighted by atomic mass is 32.3. The number of hydrogen-bond donors (Lipinski definition) is 14. The molecule has 1 aromatic rings. The van der Waals surface area contributed by atoms with Gasteiger partial charge in [0.2, 0.25) is 17.7 Å². The van der Waals surface area contributed by atoms with E-state index in [1.807, 2.05) is 0 Å². The molecule has 11 unspecified atom stereocenters. The minimum Gasteiger partial charge on any atom is -0.494 e. The molecule has 4 amide bonds. The topological polar surface area (TPSA) is 436 Å². The molecule has 20 atom stereocenters. The molecule has 0 spiro atoms. The molecule has 0 saturated carbocycles. The maximum Gasteiger partial charge on any atom is 0.397 e. The molecule has 78 heavy (non-hydrogen) atoms. The highest BCUT2D eigenvalue weighted by molar-refractivity contribution is 7.80. The Labute approximate surface area is 450 Å². The Morgan fingerprint density at radius 2 is 1.06 bits per heavy atom. The number of carbonyl (C=O) groups excluding carboxylic acids is 4. The van der Waals surface area contributed by atoms with Crippen LogP contribution in [0.25, 0.3) is 0 Å². The van der Waals surface area contributed by atoms with E-state index in [2.05, 4.69) is 44.2 Å². The monoisotopic (exact) mass is 1140 g/mol. The molecule has 442 valence electrons. The molecular formula is C48H74N4O25S. The first-order valence-corrected chi connectivity index (χ1v) is 26.8. The number of nitrogens with one attached hydrogen (secondary N) is 4. The van der Waals surface area contributed by atoms with Gasteiger partial charge in [-0.05, 0) is 31.0 Å². The molecule has 4 aliphatic rings. The summed E-state index contributed by atoms with van der Waals surface area (Å²) in [6.45, 7) is 1.51. The summed E-state index contributed by atoms with van der Waals surface area (Å²) in [6, 6.07) is -0.745. The first-order chi connectivity index (χ1) is 37.0. The van der Waals surface area contributed by atoms with Gasteiger partial charge >= 0.3 is 10.4 Å². The second-order valence-corrected chi connectivity index (χ2v) is 20.1. The molecule has 29 nitrogen and oxygen atoms in total. The van der Waals surface area contributed by atoms with E-state index in [4.69, 9.17) is 37.9 Å². The van der Waals surface area contributed by atoms with Crippen LogP contribution < -0.4 is 26.0 Å². The molecular weight excluding hydrogens is 1060 g/mol. The van der Waals surface area contributed by atoms with Crippen molar-refractivity contribution in [1.82, 2.24) is 21.3 Å². The van der Waals surface area contributed by atoms with Gasteiger partial charge in [0, 0.05) is 39.2 Å². The third-order valence-electron chi connectivity index (χ3n) is 13.0. The van der Waals surface area contributed by atoms with Gasteiger partial charge < -0.3 is 105 Å². The van der Waals surface area contributed by atoms with Crippen LogP contribution in [0.5, 0.6) is 5.75 Å². The van der Waals surface area contributed by atoms with Crippen LogP contribution in [-0.2, 0) is 62.1 Å². The number of carbonyl (C=O) groups is 4. The molecule has 0 aromatic heterocycles. The summed E-state index contributed by atoms with van der Waals surface area (Å²) in [5, 5.41) is 109. The lowest BCUT2D eigenvalue weighted by molar-refractivity contribution is -0.361. The minimum absolute atomic E-state index is 0.0447. The summed E-state index contributed by atoms with van der Waals surface area (Å²) in [6.07, 6.45) is -23.1. The Kier molecular flexibility index (Phi) is 25.2. The van der Waals surface area contributed by atoms with Crippen molar-refractivity contribution in [3.05, 3.63) is 29.8 Å². The van der Waals surface area contributed by atoms with Gasteiger partial charge in [0.1, 0.15) is 103 Å². The summed E-state index contributed by atoms with van der Waals surface area (Å²) in [7, 11) is -5.16. The van der Waals surface area contributed by atoms with Crippen molar-refractivity contribution < 1.29 is 120 Å². The molecule has 4 fully saturated rings. The fourth-order valence-corrected chi connectivity index (χ4v) is 9.51. The quantitative estimate of drug-likeness (QED) is 0.0248. The van der Waals surface area contributed by atoms with E-state index in [0.29, 0.717) is 25.2 Å². The summed E-state index contributed by atoms with van der Waals surface area (Å²) < 4.78 is 83.8. The standard InChI is InChI=1S/C48H74N4O25S/c1-5-6-7-8-9-10-11-12-13-17-69-27-16-14-15-26(18-27)44(64)52-33-37(60)36(59)28(19-53)72-46(33)75-41-29(20-54)73-47(34(39(41)62)50-24(3)57)76-42-30(21-55)74-48(35(40(42)63)51-25(4)58)77-43-31(22-70-78(66,67)68)71-45(65)32(38(43)61)49-23(2)56/h14-16,18,28-43,45-48,53-55,59-63,65H,5-9,12-13,17,19-22H2,1-4H3,(H,49,56)(H,50,57)(H,51,58)(H,52,64)(H,66,67,68)/t28?,29?,30?,31?,32?,33-,34?,35-,36+,37+,38?,39?,40+,41+,42?,43+,45?,46?,47-,48-/m0/s1. The van der Waals surface area contributed by atoms with Crippen molar-refractivity contribution in [2.45, 2.75) is 195 Å². The van der Waals surface area contributed by atoms with E-state index < -0.39 is 183 Å². The first kappa shape index (κ1) is 64.5. The van der Waals surface area contributed by atoms with Crippen molar-refractivity contribution in [3.8, 4) is 17.6 Å². The van der Waals surface area contributed by atoms with Gasteiger partial charge in [0.15, 0.2) is 25.2 Å². The van der Waals surface area contributed by atoms with Crippen molar-refractivity contribution in [3.63, 3.8) is 0 Å². The third kappa shape index (κ3) is 17.8. The van der Waals surface area contributed by atoms with E-state index in [-0.39, 0.29) is 5.56 Å². The average molecular weight is 1140 g/mol. The number of aliphatic hydroxyl groups excluding tert-OH is 9. The maximum absolute atomic E-state index is 13.8. The second-order valence-electron chi connectivity index (χ2n) is 19.0. The van der Waals surface area contributed by atoms with Gasteiger partial charge in [-0.15, -0.1) is 11.8 Å². The maximum atomic E-state index is 13.8. The molecule has 14 N–H and O–H groups in total. The molecule has 0 bridgehead atoms. The molecule has 4 aliphatic heterocycles. The Morgan fingerprint density at radius 3 is 1.56 bits per heavy atom. The van der Waals surface area contributed by atoms with E-state index in [1.165, 1.54) is 18.6 Å². The fourth-order valence-electron chi connectivity index (χ4n) is 9.21. The van der Waals surface area contributed by atoms with E-state index in [1.54, 1.807) is 12.1 Å². The van der Waals surface area contributed by atoms with Crippen LogP contribution in [0.15, 0.2) is 24.3 Å². The number of hydrogen-bond acceptors (Lipinski definition) is 24. The third-order valence-corrected chi connectivity index (χ3v) is 13.5. The highest BCUT2D eigenvalue weighted by Crippen LogP contribution is 2.35. The largest absolute Gasteiger partial charge is 0.494 e. The number of ether oxygens (including phenoxy) is 8. The van der Waals surface area contributed by atoms with Crippen molar-refractivity contribution in [2.75, 3.05) is 33.0 Å². The average Bonchev–Trinajstić information content (AvgIpc) is 3.47. The van der Waals surface area contributed by atoms with Gasteiger partial charge in [-0.3, -0.25) is 23.7 Å². The van der Waals surface area contributed by atoms with Gasteiger partial charge in [-0.25, -0.2) is 4.18 Å². The second kappa shape index (κ2) is 30.5. The van der Waals surface area contributed by atoms with Crippen LogP contribution in [0.1, 0.15) is 83.0 Å². The van der Waals surface area contributed by atoms with Gasteiger partial charge in [0.25, 0.3) is 5.91 Å². The zero-order valence-corrected chi connectivity index (χ0v) is 44.2. The fraction of sp³-hybridized carbons (Fsp3) is 0.750. The molecule has 0 aliphatic carbocycles. The Balaban J connectivity index is 1.35. The number of benzene rings is 1. The van der Waals surface area contributed by atoms with Crippen LogP contribution in [0, 0.1) is 11.8 Å². The number of amides is 4. The number of aliphatic hydroxyl groups is 9. The van der Waals surface area contributed by atoms with E-state index >= 15 is 0 Å². The van der Waals surface area contributed by atoms with Crippen molar-refractivity contribution in [1.29, 1.82) is 0 Å². The van der Waals surface area contributed by atoms with Gasteiger partial charge in [-0.2, -0.15) is 8.42 Å². The van der Waals surface area contributed by atoms with E-state index in [0.717, 1.165) is 46.5 Å². The zero-order valence-electron chi connectivity index (χ0n) is 43.3. The number of unbranched alkanes of at least 4 members (excludes halogenated alkanes) is 5. The predicted octanol–water partition coefficient (Wildman–Crippen LogP) is -4.92. The molecule has 1 aromatic carbocycles. The smallest absolute Gasteiger partial charge is 0.397 e. The van der Waals surface area contributed by atoms with E-state index in [9.17, 15) is 78.1 Å². The van der Waals surface area contributed by atoms with Crippen molar-refractivity contribution >= 4 is 34.0 Å². The van der Waals surface area contributed by atoms with Crippen LogP contribution in [0.3, 0.4) is 0 Å². The Morgan fingerprint density at radius 1 is 0.590 bits per heavy atom. The van der Waals surface area contributed by atoms with Crippen LogP contribution in [0.2, 0.25) is 0 Å². The molecule has 30 heteroatoms. The lowest BCUT2D eigenvalue weighted by Gasteiger charge is -2.51.